The Balaban J connectivity index is 1.89. The van der Waals surface area contributed by atoms with E-state index in [0.717, 1.165) is 17.4 Å². The lowest BCUT2D eigenvalue weighted by molar-refractivity contribution is 0.603. The van der Waals surface area contributed by atoms with E-state index in [2.05, 4.69) is 14.9 Å². The molecule has 1 aromatic carbocycles. The van der Waals surface area contributed by atoms with E-state index in [-0.39, 0.29) is 15.5 Å². The molecule has 0 aliphatic carbocycles. The molecule has 3 rings (SSSR count). The Labute approximate surface area is 141 Å². The number of anilines is 1. The molecule has 2 N–H and O–H groups in total. The standard InChI is InChI=1S/C15H12FN3O3S2/c1-9-2-3-11(7-12(9)16)19-24(21,22)15-6-10(8-23-15)13-4-5-14(20)18-17-13/h2-8,19H,1H3,(H,18,20). The number of nitrogens with one attached hydrogen (secondary N) is 2. The monoisotopic (exact) mass is 365 g/mol. The van der Waals surface area contributed by atoms with E-state index in [1.807, 2.05) is 0 Å². The van der Waals surface area contributed by atoms with Crippen LogP contribution in [-0.2, 0) is 10.0 Å². The topological polar surface area (TPSA) is 91.9 Å². The predicted octanol–water partition coefficient (Wildman–Crippen LogP) is 2.75. The molecule has 0 saturated carbocycles. The molecular formula is C15H12FN3O3S2. The third-order valence-electron chi connectivity index (χ3n) is 3.24. The van der Waals surface area contributed by atoms with Crippen LogP contribution in [0.3, 0.4) is 0 Å². The number of aromatic nitrogens is 2. The average molecular weight is 365 g/mol. The highest BCUT2D eigenvalue weighted by molar-refractivity contribution is 7.94. The van der Waals surface area contributed by atoms with Crippen molar-refractivity contribution in [2.75, 3.05) is 4.72 Å². The Morgan fingerprint density at radius 3 is 2.67 bits per heavy atom. The van der Waals surface area contributed by atoms with Gasteiger partial charge in [0.05, 0.1) is 11.4 Å². The molecule has 0 spiro atoms. The molecule has 3 aromatic rings. The van der Waals surface area contributed by atoms with Gasteiger partial charge in [0, 0.05) is 17.0 Å². The molecule has 0 bridgehead atoms. The summed E-state index contributed by atoms with van der Waals surface area (Å²) in [7, 11) is -3.84. The number of hydrogen-bond acceptors (Lipinski definition) is 5. The average Bonchev–Trinajstić information content (AvgIpc) is 3.02. The van der Waals surface area contributed by atoms with Crippen LogP contribution in [0.2, 0.25) is 0 Å². The summed E-state index contributed by atoms with van der Waals surface area (Å²) in [6.07, 6.45) is 0. The van der Waals surface area contributed by atoms with Gasteiger partial charge in [-0.05, 0) is 36.8 Å². The zero-order chi connectivity index (χ0) is 17.3. The maximum absolute atomic E-state index is 13.5. The van der Waals surface area contributed by atoms with E-state index in [9.17, 15) is 17.6 Å². The molecule has 124 valence electrons. The van der Waals surface area contributed by atoms with Crippen molar-refractivity contribution in [3.05, 3.63) is 63.5 Å². The first-order chi connectivity index (χ1) is 11.3. The first-order valence-corrected chi connectivity index (χ1v) is 9.15. The molecule has 9 heteroatoms. The number of halogens is 1. The van der Waals surface area contributed by atoms with Crippen molar-refractivity contribution in [3.8, 4) is 11.3 Å². The number of thiophene rings is 1. The number of aromatic amines is 1. The molecule has 0 fully saturated rings. The Hall–Kier alpha value is -2.52. The minimum atomic E-state index is -3.84. The molecule has 6 nitrogen and oxygen atoms in total. The van der Waals surface area contributed by atoms with Gasteiger partial charge in [-0.3, -0.25) is 9.52 Å². The highest BCUT2D eigenvalue weighted by Gasteiger charge is 2.18. The number of aryl methyl sites for hydroxylation is 1. The Morgan fingerprint density at radius 2 is 2.00 bits per heavy atom. The second-order valence-corrected chi connectivity index (χ2v) is 7.85. The first kappa shape index (κ1) is 16.3. The van der Waals surface area contributed by atoms with Gasteiger partial charge in [0.1, 0.15) is 10.0 Å². The molecule has 0 radical (unpaired) electrons. The van der Waals surface area contributed by atoms with Gasteiger partial charge < -0.3 is 0 Å². The fraction of sp³-hybridized carbons (Fsp3) is 0.0667. The Bertz CT molecular complexity index is 1040. The van der Waals surface area contributed by atoms with Crippen LogP contribution in [0.4, 0.5) is 10.1 Å². The van der Waals surface area contributed by atoms with E-state index in [1.165, 1.54) is 30.3 Å². The number of hydrogen-bond donors (Lipinski definition) is 2. The van der Waals surface area contributed by atoms with Gasteiger partial charge in [-0.1, -0.05) is 6.07 Å². The summed E-state index contributed by atoms with van der Waals surface area (Å²) < 4.78 is 40.7. The summed E-state index contributed by atoms with van der Waals surface area (Å²) in [5.74, 6) is -0.487. The van der Waals surface area contributed by atoms with Crippen LogP contribution >= 0.6 is 11.3 Å². The van der Waals surface area contributed by atoms with E-state index in [0.29, 0.717) is 16.8 Å². The molecule has 0 unspecified atom stereocenters. The zero-order valence-electron chi connectivity index (χ0n) is 12.4. The minimum absolute atomic E-state index is 0.0616. The van der Waals surface area contributed by atoms with Crippen molar-refractivity contribution >= 4 is 27.0 Å². The molecule has 0 atom stereocenters. The highest BCUT2D eigenvalue weighted by Crippen LogP contribution is 2.28. The molecule has 0 amide bonds. The van der Waals surface area contributed by atoms with Crippen LogP contribution in [0.15, 0.2) is 50.8 Å². The van der Waals surface area contributed by atoms with Gasteiger partial charge in [0.25, 0.3) is 15.6 Å². The normalized spacial score (nSPS) is 11.4. The van der Waals surface area contributed by atoms with Crippen LogP contribution in [0.1, 0.15) is 5.56 Å². The molecule has 2 heterocycles. The number of sulfonamides is 1. The smallest absolute Gasteiger partial charge is 0.271 e. The first-order valence-electron chi connectivity index (χ1n) is 6.79. The van der Waals surface area contributed by atoms with Crippen LogP contribution in [-0.4, -0.2) is 18.6 Å². The van der Waals surface area contributed by atoms with Crippen molar-refractivity contribution in [2.45, 2.75) is 11.1 Å². The van der Waals surface area contributed by atoms with E-state index >= 15 is 0 Å². The maximum atomic E-state index is 13.5. The van der Waals surface area contributed by atoms with E-state index in [4.69, 9.17) is 0 Å². The molecular weight excluding hydrogens is 353 g/mol. The van der Waals surface area contributed by atoms with Crippen molar-refractivity contribution < 1.29 is 12.8 Å². The highest BCUT2D eigenvalue weighted by atomic mass is 32.2. The van der Waals surface area contributed by atoms with Crippen molar-refractivity contribution in [1.29, 1.82) is 0 Å². The summed E-state index contributed by atoms with van der Waals surface area (Å²) in [6.45, 7) is 1.59. The van der Waals surface area contributed by atoms with Gasteiger partial charge in [-0.25, -0.2) is 17.9 Å². The second kappa shape index (κ2) is 6.17. The lowest BCUT2D eigenvalue weighted by Crippen LogP contribution is -2.11. The van der Waals surface area contributed by atoms with Crippen LogP contribution in [0.5, 0.6) is 0 Å². The fourth-order valence-electron chi connectivity index (χ4n) is 1.96. The van der Waals surface area contributed by atoms with Gasteiger partial charge in [-0.15, -0.1) is 11.3 Å². The van der Waals surface area contributed by atoms with Gasteiger partial charge >= 0.3 is 0 Å². The number of H-pyrrole nitrogens is 1. The lowest BCUT2D eigenvalue weighted by Gasteiger charge is -2.07. The van der Waals surface area contributed by atoms with Gasteiger partial charge in [0.15, 0.2) is 0 Å². The molecule has 24 heavy (non-hydrogen) atoms. The number of nitrogens with zero attached hydrogens (tertiary/aromatic N) is 1. The summed E-state index contributed by atoms with van der Waals surface area (Å²) in [6, 6.07) is 8.37. The quantitative estimate of drug-likeness (QED) is 0.744. The zero-order valence-corrected chi connectivity index (χ0v) is 14.0. The van der Waals surface area contributed by atoms with Gasteiger partial charge in [0.2, 0.25) is 0 Å². The number of benzene rings is 1. The van der Waals surface area contributed by atoms with E-state index in [1.54, 1.807) is 12.3 Å². The second-order valence-electron chi connectivity index (χ2n) is 5.03. The summed E-state index contributed by atoms with van der Waals surface area (Å²) in [4.78, 5) is 11.0. The fourth-order valence-corrected chi connectivity index (χ4v) is 4.18. The van der Waals surface area contributed by atoms with Crippen LogP contribution in [0.25, 0.3) is 11.3 Å². The van der Waals surface area contributed by atoms with Crippen LogP contribution < -0.4 is 10.3 Å². The van der Waals surface area contributed by atoms with Gasteiger partial charge in [-0.2, -0.15) is 5.10 Å². The lowest BCUT2D eigenvalue weighted by atomic mass is 10.2. The van der Waals surface area contributed by atoms with Crippen molar-refractivity contribution in [3.63, 3.8) is 0 Å². The maximum Gasteiger partial charge on any atom is 0.271 e. The number of rotatable bonds is 4. The molecule has 2 aromatic heterocycles. The van der Waals surface area contributed by atoms with Crippen molar-refractivity contribution in [1.82, 2.24) is 10.2 Å². The van der Waals surface area contributed by atoms with Crippen molar-refractivity contribution in [2.24, 2.45) is 0 Å². The molecule has 0 saturated heterocycles. The third-order valence-corrected chi connectivity index (χ3v) is 6.06. The van der Waals surface area contributed by atoms with E-state index < -0.39 is 15.8 Å². The van der Waals surface area contributed by atoms with Crippen LogP contribution in [0, 0.1) is 12.7 Å². The molecule has 0 aliphatic heterocycles. The Kier molecular flexibility index (Phi) is 4.20. The summed E-state index contributed by atoms with van der Waals surface area (Å²) >= 11 is 1.01. The Morgan fingerprint density at radius 1 is 1.21 bits per heavy atom. The minimum Gasteiger partial charge on any atom is -0.279 e. The SMILES string of the molecule is Cc1ccc(NS(=O)(=O)c2cc(-c3ccc(=O)[nH]n3)cs2)cc1F. The summed E-state index contributed by atoms with van der Waals surface area (Å²) in [5.41, 5.74) is 1.25. The third kappa shape index (κ3) is 3.36. The largest absolute Gasteiger partial charge is 0.279 e. The summed E-state index contributed by atoms with van der Waals surface area (Å²) in [5, 5.41) is 7.76. The predicted molar refractivity (Wildman–Crippen MR) is 90.1 cm³/mol. The molecule has 0 aliphatic rings.